The van der Waals surface area contributed by atoms with Crippen LogP contribution in [0.5, 0.6) is 0 Å². The molecular formula is C13H20FN3O2S. The molecule has 7 heteroatoms. The third-order valence-corrected chi connectivity index (χ3v) is 4.27. The summed E-state index contributed by atoms with van der Waals surface area (Å²) < 4.78 is 13.9. The van der Waals surface area contributed by atoms with Gasteiger partial charge in [0.25, 0.3) is 0 Å². The second-order valence-corrected chi connectivity index (χ2v) is 5.49. The van der Waals surface area contributed by atoms with Gasteiger partial charge in [0.05, 0.1) is 6.61 Å². The molecule has 0 saturated carbocycles. The van der Waals surface area contributed by atoms with E-state index in [1.54, 1.807) is 23.9 Å². The van der Waals surface area contributed by atoms with Crippen LogP contribution in [0.1, 0.15) is 18.1 Å². The number of nitrogens with two attached hydrogens (primary N) is 1. The molecule has 2 atom stereocenters. The molecule has 1 rings (SSSR count). The van der Waals surface area contributed by atoms with E-state index in [-0.39, 0.29) is 23.7 Å². The Hall–Kier alpha value is -1.31. The first-order chi connectivity index (χ1) is 9.53. The van der Waals surface area contributed by atoms with Crippen molar-refractivity contribution < 1.29 is 14.7 Å². The number of oxime groups is 1. The molecule has 0 spiro atoms. The van der Waals surface area contributed by atoms with Crippen LogP contribution < -0.4 is 11.1 Å². The maximum Gasteiger partial charge on any atom is 0.170 e. The topological polar surface area (TPSA) is 90.9 Å². The van der Waals surface area contributed by atoms with Gasteiger partial charge < -0.3 is 21.4 Å². The minimum atomic E-state index is -0.418. The molecule has 20 heavy (non-hydrogen) atoms. The summed E-state index contributed by atoms with van der Waals surface area (Å²) >= 11 is 1.56. The highest BCUT2D eigenvalue weighted by Crippen LogP contribution is 2.13. The lowest BCUT2D eigenvalue weighted by Crippen LogP contribution is -2.37. The molecule has 0 radical (unpaired) electrons. The Bertz CT molecular complexity index is 467. The number of rotatable bonds is 7. The van der Waals surface area contributed by atoms with E-state index in [0.29, 0.717) is 17.7 Å². The van der Waals surface area contributed by atoms with E-state index in [2.05, 4.69) is 10.5 Å². The average Bonchev–Trinajstić information content (AvgIpc) is 2.46. The van der Waals surface area contributed by atoms with Crippen molar-refractivity contribution >= 4 is 17.6 Å². The van der Waals surface area contributed by atoms with Crippen molar-refractivity contribution in [1.82, 2.24) is 5.32 Å². The van der Waals surface area contributed by atoms with Gasteiger partial charge in [0.15, 0.2) is 5.84 Å². The zero-order valence-electron chi connectivity index (χ0n) is 11.5. The SMILES string of the molecule is CSC(CO)C(C)NCc1ccc(/C(N)=N/O)cc1F. The highest BCUT2D eigenvalue weighted by Gasteiger charge is 2.15. The van der Waals surface area contributed by atoms with Gasteiger partial charge in [-0.3, -0.25) is 0 Å². The molecule has 1 aromatic rings. The molecular weight excluding hydrogens is 281 g/mol. The summed E-state index contributed by atoms with van der Waals surface area (Å²) in [5.41, 5.74) is 6.22. The summed E-state index contributed by atoms with van der Waals surface area (Å²) in [4.78, 5) is 0. The molecule has 0 aliphatic carbocycles. The predicted octanol–water partition coefficient (Wildman–Crippen LogP) is 1.12. The van der Waals surface area contributed by atoms with E-state index in [0.717, 1.165) is 0 Å². The predicted molar refractivity (Wildman–Crippen MR) is 79.6 cm³/mol. The maximum atomic E-state index is 13.9. The van der Waals surface area contributed by atoms with E-state index in [4.69, 9.17) is 10.9 Å². The summed E-state index contributed by atoms with van der Waals surface area (Å²) in [5, 5.41) is 23.8. The summed E-state index contributed by atoms with van der Waals surface area (Å²) in [6, 6.07) is 4.47. The lowest BCUT2D eigenvalue weighted by Gasteiger charge is -2.21. The van der Waals surface area contributed by atoms with E-state index < -0.39 is 5.82 Å². The standard InChI is InChI=1S/C13H20FN3O2S/c1-8(12(7-18)20-2)16-6-10-4-3-9(5-11(10)14)13(15)17-19/h3-5,8,12,16,18-19H,6-7H2,1-2H3,(H2,15,17). The fourth-order valence-corrected chi connectivity index (χ4v) is 2.40. The number of aliphatic hydroxyl groups excluding tert-OH is 1. The summed E-state index contributed by atoms with van der Waals surface area (Å²) in [6.07, 6.45) is 1.92. The van der Waals surface area contributed by atoms with Gasteiger partial charge in [0.2, 0.25) is 0 Å². The Balaban J connectivity index is 2.70. The third-order valence-electron chi connectivity index (χ3n) is 3.11. The van der Waals surface area contributed by atoms with Crippen LogP contribution in [0.25, 0.3) is 0 Å². The third kappa shape index (κ3) is 4.36. The van der Waals surface area contributed by atoms with Crippen molar-refractivity contribution in [2.45, 2.75) is 24.8 Å². The van der Waals surface area contributed by atoms with Gasteiger partial charge in [-0.2, -0.15) is 11.8 Å². The van der Waals surface area contributed by atoms with E-state index in [1.807, 2.05) is 13.2 Å². The number of nitrogens with zero attached hydrogens (tertiary/aromatic N) is 1. The summed E-state index contributed by atoms with van der Waals surface area (Å²) in [6.45, 7) is 2.36. The fraction of sp³-hybridized carbons (Fsp3) is 0.462. The van der Waals surface area contributed by atoms with Crippen LogP contribution in [0.2, 0.25) is 0 Å². The zero-order chi connectivity index (χ0) is 15.1. The average molecular weight is 301 g/mol. The highest BCUT2D eigenvalue weighted by atomic mass is 32.2. The molecule has 5 N–H and O–H groups in total. The number of aliphatic hydroxyl groups is 1. The lowest BCUT2D eigenvalue weighted by molar-refractivity contribution is 0.275. The van der Waals surface area contributed by atoms with Crippen LogP contribution in [0.3, 0.4) is 0 Å². The molecule has 0 aliphatic heterocycles. The van der Waals surface area contributed by atoms with Crippen molar-refractivity contribution in [3.05, 3.63) is 35.1 Å². The van der Waals surface area contributed by atoms with Crippen molar-refractivity contribution in [2.75, 3.05) is 12.9 Å². The van der Waals surface area contributed by atoms with Crippen LogP contribution in [-0.4, -0.2) is 40.3 Å². The smallest absolute Gasteiger partial charge is 0.170 e. The number of benzene rings is 1. The second-order valence-electron chi connectivity index (χ2n) is 4.42. The van der Waals surface area contributed by atoms with E-state index >= 15 is 0 Å². The Kier molecular flexibility index (Phi) is 6.77. The molecule has 5 nitrogen and oxygen atoms in total. The minimum absolute atomic E-state index is 0.0538. The Morgan fingerprint density at radius 1 is 1.55 bits per heavy atom. The fourth-order valence-electron chi connectivity index (χ4n) is 1.75. The summed E-state index contributed by atoms with van der Waals surface area (Å²) in [5.74, 6) is -0.544. The number of halogens is 1. The van der Waals surface area contributed by atoms with Crippen LogP contribution in [0, 0.1) is 5.82 Å². The number of thioether (sulfide) groups is 1. The molecule has 0 aromatic heterocycles. The normalized spacial score (nSPS) is 15.1. The molecule has 2 unspecified atom stereocenters. The number of nitrogens with one attached hydrogen (secondary N) is 1. The molecule has 1 aromatic carbocycles. The quantitative estimate of drug-likeness (QED) is 0.262. The Labute approximate surface area is 122 Å². The van der Waals surface area contributed by atoms with Crippen molar-refractivity contribution in [1.29, 1.82) is 0 Å². The van der Waals surface area contributed by atoms with E-state index in [9.17, 15) is 9.50 Å². The Morgan fingerprint density at radius 3 is 2.75 bits per heavy atom. The maximum absolute atomic E-state index is 13.9. The molecule has 112 valence electrons. The Morgan fingerprint density at radius 2 is 2.25 bits per heavy atom. The molecule has 0 fully saturated rings. The summed E-state index contributed by atoms with van der Waals surface area (Å²) in [7, 11) is 0. The van der Waals surface area contributed by atoms with Crippen LogP contribution >= 0.6 is 11.8 Å². The van der Waals surface area contributed by atoms with Gasteiger partial charge in [-0.05, 0) is 19.2 Å². The van der Waals surface area contributed by atoms with Crippen molar-refractivity contribution in [3.8, 4) is 0 Å². The van der Waals surface area contributed by atoms with E-state index in [1.165, 1.54) is 6.07 Å². The first-order valence-corrected chi connectivity index (χ1v) is 7.45. The van der Waals surface area contributed by atoms with Crippen LogP contribution in [0.4, 0.5) is 4.39 Å². The van der Waals surface area contributed by atoms with Crippen LogP contribution in [-0.2, 0) is 6.54 Å². The van der Waals surface area contributed by atoms with Crippen molar-refractivity contribution in [3.63, 3.8) is 0 Å². The molecule has 0 amide bonds. The minimum Gasteiger partial charge on any atom is -0.409 e. The first-order valence-electron chi connectivity index (χ1n) is 6.16. The van der Waals surface area contributed by atoms with Crippen molar-refractivity contribution in [2.24, 2.45) is 10.9 Å². The van der Waals surface area contributed by atoms with Gasteiger partial charge in [-0.25, -0.2) is 4.39 Å². The highest BCUT2D eigenvalue weighted by molar-refractivity contribution is 7.99. The molecule has 0 saturated heterocycles. The second kappa shape index (κ2) is 8.08. The van der Waals surface area contributed by atoms with Gasteiger partial charge in [-0.1, -0.05) is 17.3 Å². The van der Waals surface area contributed by atoms with Gasteiger partial charge >= 0.3 is 0 Å². The molecule has 0 aliphatic rings. The van der Waals surface area contributed by atoms with Crippen LogP contribution in [0.15, 0.2) is 23.4 Å². The number of amidine groups is 1. The number of hydrogen-bond acceptors (Lipinski definition) is 5. The van der Waals surface area contributed by atoms with Gasteiger partial charge in [0.1, 0.15) is 5.82 Å². The van der Waals surface area contributed by atoms with Gasteiger partial charge in [0, 0.05) is 29.0 Å². The molecule has 0 heterocycles. The monoisotopic (exact) mass is 301 g/mol. The number of hydrogen-bond donors (Lipinski definition) is 4. The molecule has 0 bridgehead atoms. The lowest BCUT2D eigenvalue weighted by atomic mass is 10.1. The largest absolute Gasteiger partial charge is 0.409 e. The van der Waals surface area contributed by atoms with Gasteiger partial charge in [-0.15, -0.1) is 0 Å². The zero-order valence-corrected chi connectivity index (χ0v) is 12.3. The first kappa shape index (κ1) is 16.7.